The van der Waals surface area contributed by atoms with Gasteiger partial charge in [0.05, 0.1) is 18.4 Å². The van der Waals surface area contributed by atoms with E-state index in [0.29, 0.717) is 25.0 Å². The first kappa shape index (κ1) is 21.1. The Morgan fingerprint density at radius 2 is 1.83 bits per heavy atom. The largest absolute Gasteiger partial charge is 0.494 e. The number of nitrogens with zero attached hydrogens (tertiary/aromatic N) is 3. The SMILES string of the molecule is CC1(C)CC(Nc2nccc(-c3ccc(OCCCC#N)cc3)n2)CC(C)(C)N1. The Morgan fingerprint density at radius 3 is 2.48 bits per heavy atom. The standard InChI is InChI=1S/C23H31N5O/c1-22(2)15-18(16-23(3,4)28-22)26-21-25-13-11-20(27-21)17-7-9-19(10-8-17)29-14-6-5-12-24/h7-11,13,18,28H,5-6,14-16H2,1-4H3,(H,25,26,27). The van der Waals surface area contributed by atoms with E-state index in [4.69, 9.17) is 15.0 Å². The number of hydrogen-bond acceptors (Lipinski definition) is 6. The summed E-state index contributed by atoms with van der Waals surface area (Å²) in [5.74, 6) is 1.47. The van der Waals surface area contributed by atoms with Gasteiger partial charge in [0.1, 0.15) is 5.75 Å². The zero-order valence-electron chi connectivity index (χ0n) is 17.8. The van der Waals surface area contributed by atoms with Gasteiger partial charge in [-0.2, -0.15) is 5.26 Å². The minimum atomic E-state index is 0.0695. The molecule has 29 heavy (non-hydrogen) atoms. The molecule has 1 saturated heterocycles. The van der Waals surface area contributed by atoms with Gasteiger partial charge in [0.15, 0.2) is 0 Å². The second-order valence-corrected chi connectivity index (χ2v) is 9.04. The van der Waals surface area contributed by atoms with Crippen molar-refractivity contribution >= 4 is 5.95 Å². The number of nitrogens with one attached hydrogen (secondary N) is 2. The van der Waals surface area contributed by atoms with Crippen LogP contribution in [-0.2, 0) is 0 Å². The molecule has 154 valence electrons. The molecule has 1 aliphatic rings. The Balaban J connectivity index is 1.66. The van der Waals surface area contributed by atoms with Gasteiger partial charge in [0.2, 0.25) is 5.95 Å². The molecule has 0 spiro atoms. The summed E-state index contributed by atoms with van der Waals surface area (Å²) < 4.78 is 5.66. The second-order valence-electron chi connectivity index (χ2n) is 9.04. The number of benzene rings is 1. The van der Waals surface area contributed by atoms with Crippen LogP contribution in [0.25, 0.3) is 11.3 Å². The Bertz CT molecular complexity index is 838. The summed E-state index contributed by atoms with van der Waals surface area (Å²) in [7, 11) is 0. The van der Waals surface area contributed by atoms with Crippen molar-refractivity contribution in [2.45, 2.75) is 70.5 Å². The van der Waals surface area contributed by atoms with Crippen molar-refractivity contribution in [3.05, 3.63) is 36.5 Å². The Kier molecular flexibility index (Phi) is 6.39. The van der Waals surface area contributed by atoms with Crippen LogP contribution < -0.4 is 15.4 Å². The van der Waals surface area contributed by atoms with E-state index < -0.39 is 0 Å². The average Bonchev–Trinajstić information content (AvgIpc) is 2.63. The van der Waals surface area contributed by atoms with E-state index in [1.807, 2.05) is 30.3 Å². The average molecular weight is 394 g/mol. The third-order valence-corrected chi connectivity index (χ3v) is 5.03. The molecule has 6 nitrogen and oxygen atoms in total. The molecular weight excluding hydrogens is 362 g/mol. The lowest BCUT2D eigenvalue weighted by atomic mass is 9.80. The van der Waals surface area contributed by atoms with Crippen molar-refractivity contribution in [2.24, 2.45) is 0 Å². The Morgan fingerprint density at radius 1 is 1.14 bits per heavy atom. The number of unbranched alkanes of at least 4 members (excludes halogenated alkanes) is 1. The van der Waals surface area contributed by atoms with E-state index in [-0.39, 0.29) is 11.1 Å². The van der Waals surface area contributed by atoms with Crippen LogP contribution in [0, 0.1) is 11.3 Å². The van der Waals surface area contributed by atoms with Gasteiger partial charge in [0, 0.05) is 35.3 Å². The molecule has 0 atom stereocenters. The molecule has 0 unspecified atom stereocenters. The first-order valence-corrected chi connectivity index (χ1v) is 10.3. The number of aromatic nitrogens is 2. The van der Waals surface area contributed by atoms with Gasteiger partial charge >= 0.3 is 0 Å². The highest BCUT2D eigenvalue weighted by molar-refractivity contribution is 5.61. The molecule has 0 radical (unpaired) electrons. The molecule has 0 amide bonds. The molecule has 6 heteroatoms. The van der Waals surface area contributed by atoms with Crippen LogP contribution in [-0.4, -0.2) is 33.7 Å². The molecule has 1 aromatic carbocycles. The van der Waals surface area contributed by atoms with E-state index in [1.54, 1.807) is 6.20 Å². The molecule has 2 N–H and O–H groups in total. The van der Waals surface area contributed by atoms with Crippen LogP contribution in [0.1, 0.15) is 53.4 Å². The second kappa shape index (κ2) is 8.79. The summed E-state index contributed by atoms with van der Waals surface area (Å²) in [5, 5.41) is 15.8. The van der Waals surface area contributed by atoms with Crippen molar-refractivity contribution in [1.29, 1.82) is 5.26 Å². The van der Waals surface area contributed by atoms with Crippen LogP contribution in [0.3, 0.4) is 0 Å². The molecule has 1 aliphatic heterocycles. The van der Waals surface area contributed by atoms with Crippen molar-refractivity contribution < 1.29 is 4.74 Å². The Hall–Kier alpha value is -2.65. The number of hydrogen-bond donors (Lipinski definition) is 2. The maximum Gasteiger partial charge on any atom is 0.223 e. The molecule has 0 bridgehead atoms. The smallest absolute Gasteiger partial charge is 0.223 e. The topological polar surface area (TPSA) is 82.9 Å². The van der Waals surface area contributed by atoms with Gasteiger partial charge in [-0.15, -0.1) is 0 Å². The molecule has 2 aromatic rings. The summed E-state index contributed by atoms with van der Waals surface area (Å²) >= 11 is 0. The number of rotatable bonds is 7. The van der Waals surface area contributed by atoms with E-state index in [1.165, 1.54) is 0 Å². The summed E-state index contributed by atoms with van der Waals surface area (Å²) in [5.41, 5.74) is 2.04. The van der Waals surface area contributed by atoms with Crippen molar-refractivity contribution in [3.8, 4) is 23.1 Å². The molecule has 0 aliphatic carbocycles. The molecule has 1 fully saturated rings. The summed E-state index contributed by atoms with van der Waals surface area (Å²) in [4.78, 5) is 9.17. The highest BCUT2D eigenvalue weighted by atomic mass is 16.5. The fourth-order valence-corrected chi connectivity index (χ4v) is 4.26. The lowest BCUT2D eigenvalue weighted by molar-refractivity contribution is 0.170. The summed E-state index contributed by atoms with van der Waals surface area (Å²) in [6, 6.07) is 12.2. The molecular formula is C23H31N5O. The maximum atomic E-state index is 8.58. The first-order chi connectivity index (χ1) is 13.8. The lowest BCUT2D eigenvalue weighted by Crippen LogP contribution is -2.60. The van der Waals surface area contributed by atoms with Gasteiger partial charge in [-0.1, -0.05) is 0 Å². The lowest BCUT2D eigenvalue weighted by Gasteiger charge is -2.46. The number of ether oxygens (including phenoxy) is 1. The fraction of sp³-hybridized carbons (Fsp3) is 0.522. The number of piperidine rings is 1. The monoisotopic (exact) mass is 393 g/mol. The molecule has 2 heterocycles. The predicted octanol–water partition coefficient (Wildman–Crippen LogP) is 4.55. The van der Waals surface area contributed by atoms with Crippen molar-refractivity contribution in [2.75, 3.05) is 11.9 Å². The quantitative estimate of drug-likeness (QED) is 0.672. The van der Waals surface area contributed by atoms with Gasteiger partial charge in [-0.25, -0.2) is 9.97 Å². The zero-order chi connectivity index (χ0) is 20.9. The summed E-state index contributed by atoms with van der Waals surface area (Å²) in [6.07, 6.45) is 5.09. The predicted molar refractivity (Wildman–Crippen MR) is 116 cm³/mol. The fourth-order valence-electron chi connectivity index (χ4n) is 4.26. The van der Waals surface area contributed by atoms with Crippen LogP contribution in [0.5, 0.6) is 5.75 Å². The van der Waals surface area contributed by atoms with Crippen molar-refractivity contribution in [3.63, 3.8) is 0 Å². The van der Waals surface area contributed by atoms with E-state index in [0.717, 1.165) is 36.3 Å². The Labute approximate surface area is 173 Å². The van der Waals surface area contributed by atoms with E-state index in [2.05, 4.69) is 49.4 Å². The van der Waals surface area contributed by atoms with Crippen LogP contribution in [0.2, 0.25) is 0 Å². The highest BCUT2D eigenvalue weighted by Crippen LogP contribution is 2.30. The van der Waals surface area contributed by atoms with Gasteiger partial charge in [-0.3, -0.25) is 0 Å². The molecule has 3 rings (SSSR count). The van der Waals surface area contributed by atoms with E-state index in [9.17, 15) is 0 Å². The van der Waals surface area contributed by atoms with Crippen LogP contribution >= 0.6 is 0 Å². The minimum Gasteiger partial charge on any atom is -0.494 e. The zero-order valence-corrected chi connectivity index (χ0v) is 17.8. The van der Waals surface area contributed by atoms with Gasteiger partial charge in [-0.05, 0) is 77.3 Å². The van der Waals surface area contributed by atoms with Gasteiger partial charge < -0.3 is 15.4 Å². The van der Waals surface area contributed by atoms with Crippen LogP contribution in [0.15, 0.2) is 36.5 Å². The maximum absolute atomic E-state index is 8.58. The normalized spacial score (nSPS) is 18.0. The third-order valence-electron chi connectivity index (χ3n) is 5.03. The highest BCUT2D eigenvalue weighted by Gasteiger charge is 2.37. The summed E-state index contributed by atoms with van der Waals surface area (Å²) in [6.45, 7) is 9.51. The number of nitriles is 1. The van der Waals surface area contributed by atoms with Gasteiger partial charge in [0.25, 0.3) is 0 Å². The first-order valence-electron chi connectivity index (χ1n) is 10.3. The molecule has 1 aromatic heterocycles. The van der Waals surface area contributed by atoms with Crippen LogP contribution in [0.4, 0.5) is 5.95 Å². The van der Waals surface area contributed by atoms with E-state index >= 15 is 0 Å². The molecule has 0 saturated carbocycles. The minimum absolute atomic E-state index is 0.0695. The third kappa shape index (κ3) is 6.16. The van der Waals surface area contributed by atoms with Crippen molar-refractivity contribution in [1.82, 2.24) is 15.3 Å². The number of anilines is 1.